The summed E-state index contributed by atoms with van der Waals surface area (Å²) in [6.45, 7) is 3.17. The van der Waals surface area contributed by atoms with Gasteiger partial charge in [-0.3, -0.25) is 4.79 Å². The number of hydrogen-bond donors (Lipinski definition) is 0. The maximum absolute atomic E-state index is 12.4. The minimum absolute atomic E-state index is 0.0759. The van der Waals surface area contributed by atoms with Crippen molar-refractivity contribution in [1.82, 2.24) is 15.0 Å². The highest BCUT2D eigenvalue weighted by Crippen LogP contribution is 2.30. The fourth-order valence-corrected chi connectivity index (χ4v) is 3.53. The van der Waals surface area contributed by atoms with Gasteiger partial charge in [0, 0.05) is 30.1 Å². The summed E-state index contributed by atoms with van der Waals surface area (Å²) in [7, 11) is 0. The summed E-state index contributed by atoms with van der Waals surface area (Å²) in [4.78, 5) is 18.7. The summed E-state index contributed by atoms with van der Waals surface area (Å²) >= 11 is 6.22. The zero-order valence-corrected chi connectivity index (χ0v) is 15.8. The van der Waals surface area contributed by atoms with Crippen molar-refractivity contribution in [3.05, 3.63) is 70.6 Å². The van der Waals surface area contributed by atoms with Gasteiger partial charge >= 0.3 is 0 Å². The fraction of sp³-hybridized carbons (Fsp3) is 0.286. The van der Waals surface area contributed by atoms with Crippen molar-refractivity contribution in [2.24, 2.45) is 0 Å². The molecular formula is C21H20ClN3O2. The Morgan fingerprint density at radius 1 is 1.19 bits per heavy atom. The van der Waals surface area contributed by atoms with E-state index in [0.29, 0.717) is 36.2 Å². The standard InChI is InChI=1S/C21H20ClN3O2/c1-2-14-7-9-15(10-8-14)20-23-21(27-24-20)17-11-19(26)25(13-17)12-16-5-3-4-6-18(16)22/h3-10,17H,2,11-13H2,1H3. The topological polar surface area (TPSA) is 59.2 Å². The molecule has 6 heteroatoms. The average Bonchev–Trinajstić information content (AvgIpc) is 3.31. The number of halogens is 1. The van der Waals surface area contributed by atoms with E-state index >= 15 is 0 Å². The van der Waals surface area contributed by atoms with Gasteiger partial charge in [-0.05, 0) is 23.6 Å². The van der Waals surface area contributed by atoms with Gasteiger partial charge in [0.25, 0.3) is 0 Å². The SMILES string of the molecule is CCc1ccc(-c2noc(C3CC(=O)N(Cc4ccccc4Cl)C3)n2)cc1. The van der Waals surface area contributed by atoms with E-state index in [1.54, 1.807) is 4.90 Å². The molecule has 0 aliphatic carbocycles. The lowest BCUT2D eigenvalue weighted by Crippen LogP contribution is -2.24. The highest BCUT2D eigenvalue weighted by atomic mass is 35.5. The summed E-state index contributed by atoms with van der Waals surface area (Å²) in [5.41, 5.74) is 3.12. The second kappa shape index (κ2) is 7.53. The van der Waals surface area contributed by atoms with Crippen molar-refractivity contribution < 1.29 is 9.32 Å². The average molecular weight is 382 g/mol. The summed E-state index contributed by atoms with van der Waals surface area (Å²) in [6.07, 6.45) is 1.37. The summed E-state index contributed by atoms with van der Waals surface area (Å²) < 4.78 is 5.46. The molecule has 138 valence electrons. The number of carbonyl (C=O) groups excluding carboxylic acids is 1. The van der Waals surface area contributed by atoms with Crippen molar-refractivity contribution >= 4 is 17.5 Å². The van der Waals surface area contributed by atoms with E-state index in [1.807, 2.05) is 36.4 Å². The third kappa shape index (κ3) is 3.74. The minimum Gasteiger partial charge on any atom is -0.339 e. The van der Waals surface area contributed by atoms with Crippen LogP contribution in [0, 0.1) is 0 Å². The molecule has 2 aromatic carbocycles. The first-order valence-electron chi connectivity index (χ1n) is 9.08. The van der Waals surface area contributed by atoms with E-state index in [1.165, 1.54) is 5.56 Å². The molecule has 1 aromatic heterocycles. The Kier molecular flexibility index (Phi) is 4.94. The van der Waals surface area contributed by atoms with Crippen LogP contribution in [0.1, 0.15) is 36.3 Å². The molecule has 4 rings (SSSR count). The fourth-order valence-electron chi connectivity index (χ4n) is 3.33. The lowest BCUT2D eigenvalue weighted by molar-refractivity contribution is -0.128. The van der Waals surface area contributed by atoms with Gasteiger partial charge in [0.15, 0.2) is 0 Å². The summed E-state index contributed by atoms with van der Waals surface area (Å²) in [5, 5.41) is 4.77. The quantitative estimate of drug-likeness (QED) is 0.654. The molecule has 5 nitrogen and oxygen atoms in total. The maximum Gasteiger partial charge on any atom is 0.232 e. The monoisotopic (exact) mass is 381 g/mol. The van der Waals surface area contributed by atoms with Gasteiger partial charge in [0.05, 0.1) is 5.92 Å². The van der Waals surface area contributed by atoms with Gasteiger partial charge in [0.2, 0.25) is 17.6 Å². The zero-order valence-electron chi connectivity index (χ0n) is 15.1. The van der Waals surface area contributed by atoms with Crippen LogP contribution in [0.5, 0.6) is 0 Å². The normalized spacial score (nSPS) is 16.9. The molecule has 3 aromatic rings. The largest absolute Gasteiger partial charge is 0.339 e. The van der Waals surface area contributed by atoms with Crippen LogP contribution in [0.2, 0.25) is 5.02 Å². The number of aryl methyl sites for hydroxylation is 1. The van der Waals surface area contributed by atoms with Gasteiger partial charge in [-0.25, -0.2) is 0 Å². The van der Waals surface area contributed by atoms with Crippen LogP contribution in [-0.2, 0) is 17.8 Å². The number of benzene rings is 2. The number of hydrogen-bond acceptors (Lipinski definition) is 4. The molecule has 0 saturated carbocycles. The van der Waals surface area contributed by atoms with Crippen LogP contribution in [0.3, 0.4) is 0 Å². The van der Waals surface area contributed by atoms with Crippen molar-refractivity contribution in [3.63, 3.8) is 0 Å². The molecule has 27 heavy (non-hydrogen) atoms. The molecule has 1 atom stereocenters. The molecule has 1 aliphatic heterocycles. The Bertz CT molecular complexity index is 952. The van der Waals surface area contributed by atoms with E-state index < -0.39 is 0 Å². The number of amides is 1. The van der Waals surface area contributed by atoms with Crippen molar-refractivity contribution in [1.29, 1.82) is 0 Å². The first kappa shape index (κ1) is 17.7. The van der Waals surface area contributed by atoms with Gasteiger partial charge in [-0.2, -0.15) is 4.98 Å². The maximum atomic E-state index is 12.4. The third-order valence-corrected chi connectivity index (χ3v) is 5.31. The zero-order chi connectivity index (χ0) is 18.8. The molecule has 2 heterocycles. The van der Waals surface area contributed by atoms with E-state index in [2.05, 4.69) is 29.2 Å². The first-order valence-corrected chi connectivity index (χ1v) is 9.46. The number of likely N-dealkylation sites (tertiary alicyclic amines) is 1. The van der Waals surface area contributed by atoms with Crippen molar-refractivity contribution in [3.8, 4) is 11.4 Å². The van der Waals surface area contributed by atoms with Gasteiger partial charge in [0.1, 0.15) is 0 Å². The molecule has 1 amide bonds. The molecule has 1 fully saturated rings. The van der Waals surface area contributed by atoms with E-state index in [4.69, 9.17) is 16.1 Å². The van der Waals surface area contributed by atoms with E-state index in [-0.39, 0.29) is 11.8 Å². The van der Waals surface area contributed by atoms with Crippen molar-refractivity contribution in [2.75, 3.05) is 6.54 Å². The molecular weight excluding hydrogens is 362 g/mol. The van der Waals surface area contributed by atoms with E-state index in [0.717, 1.165) is 17.5 Å². The van der Waals surface area contributed by atoms with Crippen LogP contribution in [0.25, 0.3) is 11.4 Å². The second-order valence-corrected chi connectivity index (χ2v) is 7.18. The molecule has 1 aliphatic rings. The highest BCUT2D eigenvalue weighted by molar-refractivity contribution is 6.31. The third-order valence-electron chi connectivity index (χ3n) is 4.94. The number of carbonyl (C=O) groups is 1. The molecule has 0 N–H and O–H groups in total. The Balaban J connectivity index is 1.47. The number of aromatic nitrogens is 2. The van der Waals surface area contributed by atoms with Crippen LogP contribution < -0.4 is 0 Å². The Morgan fingerprint density at radius 3 is 2.70 bits per heavy atom. The molecule has 0 radical (unpaired) electrons. The molecule has 1 saturated heterocycles. The smallest absolute Gasteiger partial charge is 0.232 e. The first-order chi connectivity index (χ1) is 13.1. The molecule has 0 bridgehead atoms. The Morgan fingerprint density at radius 2 is 1.96 bits per heavy atom. The lowest BCUT2D eigenvalue weighted by Gasteiger charge is -2.16. The van der Waals surface area contributed by atoms with Crippen LogP contribution in [0.4, 0.5) is 0 Å². The van der Waals surface area contributed by atoms with Gasteiger partial charge < -0.3 is 9.42 Å². The number of rotatable bonds is 5. The Hall–Kier alpha value is -2.66. The number of nitrogens with zero attached hydrogens (tertiary/aromatic N) is 3. The highest BCUT2D eigenvalue weighted by Gasteiger charge is 2.34. The molecule has 0 spiro atoms. The van der Waals surface area contributed by atoms with Crippen molar-refractivity contribution in [2.45, 2.75) is 32.2 Å². The predicted molar refractivity (Wildman–Crippen MR) is 103 cm³/mol. The lowest BCUT2D eigenvalue weighted by atomic mass is 10.1. The summed E-state index contributed by atoms with van der Waals surface area (Å²) in [6, 6.07) is 15.7. The molecule has 1 unspecified atom stereocenters. The van der Waals surface area contributed by atoms with Gasteiger partial charge in [-0.1, -0.05) is 66.1 Å². The summed E-state index contributed by atoms with van der Waals surface area (Å²) in [5.74, 6) is 1.06. The second-order valence-electron chi connectivity index (χ2n) is 6.77. The van der Waals surface area contributed by atoms with Gasteiger partial charge in [-0.15, -0.1) is 0 Å². The predicted octanol–water partition coefficient (Wildman–Crippen LogP) is 4.47. The van der Waals surface area contributed by atoms with Crippen LogP contribution in [-0.4, -0.2) is 27.5 Å². The minimum atomic E-state index is -0.0869. The van der Waals surface area contributed by atoms with E-state index in [9.17, 15) is 4.79 Å². The Labute approximate surface area is 163 Å². The van der Waals surface area contributed by atoms with Crippen LogP contribution in [0.15, 0.2) is 53.1 Å². The van der Waals surface area contributed by atoms with Crippen LogP contribution >= 0.6 is 11.6 Å².